The molecule has 1 aliphatic rings. The first kappa shape index (κ1) is 10.4. The molecular weight excluding hydrogens is 212 g/mol. The zero-order valence-corrected chi connectivity index (χ0v) is 9.43. The van der Waals surface area contributed by atoms with Crippen LogP contribution in [0.15, 0.2) is 0 Å². The van der Waals surface area contributed by atoms with E-state index < -0.39 is 5.97 Å². The monoisotopic (exact) mass is 226 g/mol. The number of nitrogens with one attached hydrogen (secondary N) is 1. The van der Waals surface area contributed by atoms with Crippen molar-refractivity contribution >= 4 is 22.4 Å². The molecule has 1 aliphatic carbocycles. The summed E-state index contributed by atoms with van der Waals surface area (Å²) >= 11 is 1.42. The molecule has 4 nitrogen and oxygen atoms in total. The second kappa shape index (κ2) is 4.18. The molecule has 0 aliphatic heterocycles. The second-order valence-corrected chi connectivity index (χ2v) is 5.11. The summed E-state index contributed by atoms with van der Waals surface area (Å²) < 4.78 is 0. The Balaban J connectivity index is 1.96. The van der Waals surface area contributed by atoms with Crippen molar-refractivity contribution in [1.29, 1.82) is 0 Å². The van der Waals surface area contributed by atoms with Gasteiger partial charge >= 0.3 is 5.97 Å². The SMILES string of the molecule is Cc1sc(NCC2CCC2)nc1C(=O)O. The van der Waals surface area contributed by atoms with Gasteiger partial charge in [0, 0.05) is 11.4 Å². The molecule has 1 saturated carbocycles. The fourth-order valence-corrected chi connectivity index (χ4v) is 2.41. The van der Waals surface area contributed by atoms with Crippen LogP contribution in [-0.4, -0.2) is 22.6 Å². The summed E-state index contributed by atoms with van der Waals surface area (Å²) in [7, 11) is 0. The van der Waals surface area contributed by atoms with E-state index in [2.05, 4.69) is 10.3 Å². The van der Waals surface area contributed by atoms with Crippen molar-refractivity contribution in [2.24, 2.45) is 5.92 Å². The van der Waals surface area contributed by atoms with Gasteiger partial charge in [0.1, 0.15) is 0 Å². The lowest BCUT2D eigenvalue weighted by molar-refractivity contribution is 0.0690. The van der Waals surface area contributed by atoms with Gasteiger partial charge < -0.3 is 10.4 Å². The Labute approximate surface area is 92.3 Å². The zero-order valence-electron chi connectivity index (χ0n) is 8.62. The number of aryl methyl sites for hydroxylation is 1. The van der Waals surface area contributed by atoms with Gasteiger partial charge in [-0.15, -0.1) is 11.3 Å². The fraction of sp³-hybridized carbons (Fsp3) is 0.600. The number of hydrogen-bond donors (Lipinski definition) is 2. The fourth-order valence-electron chi connectivity index (χ4n) is 1.60. The average Bonchev–Trinajstić information content (AvgIpc) is 2.44. The molecule has 2 rings (SSSR count). The van der Waals surface area contributed by atoms with Crippen LogP contribution in [0.5, 0.6) is 0 Å². The lowest BCUT2D eigenvalue weighted by atomic mass is 9.86. The summed E-state index contributed by atoms with van der Waals surface area (Å²) in [6.45, 7) is 2.71. The van der Waals surface area contributed by atoms with Crippen molar-refractivity contribution in [3.8, 4) is 0 Å². The highest BCUT2D eigenvalue weighted by atomic mass is 32.1. The maximum atomic E-state index is 10.8. The molecule has 1 aromatic heterocycles. The predicted octanol–water partition coefficient (Wildman–Crippen LogP) is 2.36. The van der Waals surface area contributed by atoms with Crippen LogP contribution in [0, 0.1) is 12.8 Å². The standard InChI is InChI=1S/C10H14N2O2S/c1-6-8(9(13)14)12-10(15-6)11-5-7-3-2-4-7/h7H,2-5H2,1H3,(H,11,12)(H,13,14). The van der Waals surface area contributed by atoms with Gasteiger partial charge in [-0.3, -0.25) is 0 Å². The second-order valence-electron chi connectivity index (χ2n) is 3.91. The number of rotatable bonds is 4. The molecule has 0 atom stereocenters. The average molecular weight is 226 g/mol. The molecule has 0 amide bonds. The zero-order chi connectivity index (χ0) is 10.8. The first-order valence-corrected chi connectivity index (χ1v) is 5.93. The first-order chi connectivity index (χ1) is 7.16. The van der Waals surface area contributed by atoms with E-state index in [-0.39, 0.29) is 5.69 Å². The largest absolute Gasteiger partial charge is 0.476 e. The molecule has 1 aromatic rings. The Morgan fingerprint density at radius 2 is 2.40 bits per heavy atom. The lowest BCUT2D eigenvalue weighted by Gasteiger charge is -2.25. The van der Waals surface area contributed by atoms with Gasteiger partial charge in [-0.1, -0.05) is 6.42 Å². The van der Waals surface area contributed by atoms with Crippen LogP contribution in [0.4, 0.5) is 5.13 Å². The molecule has 0 spiro atoms. The van der Waals surface area contributed by atoms with E-state index in [1.165, 1.54) is 30.6 Å². The summed E-state index contributed by atoms with van der Waals surface area (Å²) in [5.41, 5.74) is 0.177. The maximum Gasteiger partial charge on any atom is 0.355 e. The van der Waals surface area contributed by atoms with Crippen LogP contribution in [0.3, 0.4) is 0 Å². The third-order valence-electron chi connectivity index (χ3n) is 2.77. The Morgan fingerprint density at radius 3 is 2.87 bits per heavy atom. The lowest BCUT2D eigenvalue weighted by Crippen LogP contribution is -2.20. The highest BCUT2D eigenvalue weighted by Crippen LogP contribution is 2.28. The summed E-state index contributed by atoms with van der Waals surface area (Å²) in [5.74, 6) is -0.192. The van der Waals surface area contributed by atoms with Gasteiger partial charge in [-0.05, 0) is 25.7 Å². The number of nitrogens with zero attached hydrogens (tertiary/aromatic N) is 1. The van der Waals surface area contributed by atoms with Crippen molar-refractivity contribution in [1.82, 2.24) is 4.98 Å². The van der Waals surface area contributed by atoms with Crippen LogP contribution in [0.2, 0.25) is 0 Å². The van der Waals surface area contributed by atoms with Crippen LogP contribution in [0.1, 0.15) is 34.6 Å². The van der Waals surface area contributed by atoms with Crippen LogP contribution < -0.4 is 5.32 Å². The normalized spacial score (nSPS) is 16.1. The Hall–Kier alpha value is -1.10. The summed E-state index contributed by atoms with van der Waals surface area (Å²) in [6.07, 6.45) is 3.88. The molecule has 1 fully saturated rings. The number of aromatic nitrogens is 1. The number of thiazole rings is 1. The van der Waals surface area contributed by atoms with Gasteiger partial charge in [0.25, 0.3) is 0 Å². The summed E-state index contributed by atoms with van der Waals surface area (Å²) in [4.78, 5) is 15.6. The van der Waals surface area contributed by atoms with Crippen LogP contribution in [-0.2, 0) is 0 Å². The van der Waals surface area contributed by atoms with E-state index >= 15 is 0 Å². The number of hydrogen-bond acceptors (Lipinski definition) is 4. The minimum atomic E-state index is -0.944. The van der Waals surface area contributed by atoms with E-state index in [4.69, 9.17) is 5.11 Å². The maximum absolute atomic E-state index is 10.8. The van der Waals surface area contributed by atoms with Gasteiger partial charge in [0.05, 0.1) is 0 Å². The topological polar surface area (TPSA) is 62.2 Å². The van der Waals surface area contributed by atoms with Gasteiger partial charge in [0.15, 0.2) is 10.8 Å². The Bertz CT molecular complexity index is 371. The number of carboxylic acid groups (broad SMARTS) is 1. The quantitative estimate of drug-likeness (QED) is 0.827. The number of carboxylic acids is 1. The highest BCUT2D eigenvalue weighted by molar-refractivity contribution is 7.15. The molecule has 0 radical (unpaired) electrons. The van der Waals surface area contributed by atoms with E-state index in [0.29, 0.717) is 0 Å². The number of aromatic carboxylic acids is 1. The van der Waals surface area contributed by atoms with Crippen LogP contribution >= 0.6 is 11.3 Å². The molecule has 5 heteroatoms. The van der Waals surface area contributed by atoms with E-state index in [1.54, 1.807) is 6.92 Å². The molecule has 2 N–H and O–H groups in total. The van der Waals surface area contributed by atoms with E-state index in [1.807, 2.05) is 0 Å². The third kappa shape index (κ3) is 2.28. The van der Waals surface area contributed by atoms with Crippen molar-refractivity contribution < 1.29 is 9.90 Å². The number of anilines is 1. The summed E-state index contributed by atoms with van der Waals surface area (Å²) in [6, 6.07) is 0. The number of carbonyl (C=O) groups is 1. The van der Waals surface area contributed by atoms with Crippen molar-refractivity contribution in [2.75, 3.05) is 11.9 Å². The molecule has 1 heterocycles. The van der Waals surface area contributed by atoms with Crippen molar-refractivity contribution in [2.45, 2.75) is 26.2 Å². The van der Waals surface area contributed by atoms with Gasteiger partial charge in [-0.2, -0.15) is 0 Å². The molecule has 0 bridgehead atoms. The molecule has 0 saturated heterocycles. The Kier molecular flexibility index (Phi) is 2.90. The summed E-state index contributed by atoms with van der Waals surface area (Å²) in [5, 5.41) is 12.8. The van der Waals surface area contributed by atoms with Crippen molar-refractivity contribution in [3.63, 3.8) is 0 Å². The van der Waals surface area contributed by atoms with Gasteiger partial charge in [-0.25, -0.2) is 9.78 Å². The van der Waals surface area contributed by atoms with E-state index in [9.17, 15) is 4.79 Å². The molecular formula is C10H14N2O2S. The van der Waals surface area contributed by atoms with E-state index in [0.717, 1.165) is 22.5 Å². The first-order valence-electron chi connectivity index (χ1n) is 5.11. The predicted molar refractivity (Wildman–Crippen MR) is 59.6 cm³/mol. The Morgan fingerprint density at radius 1 is 1.67 bits per heavy atom. The highest BCUT2D eigenvalue weighted by Gasteiger charge is 2.18. The molecule has 0 unspecified atom stereocenters. The minimum Gasteiger partial charge on any atom is -0.476 e. The smallest absolute Gasteiger partial charge is 0.355 e. The molecule has 15 heavy (non-hydrogen) atoms. The molecule has 82 valence electrons. The molecule has 0 aromatic carbocycles. The van der Waals surface area contributed by atoms with Crippen LogP contribution in [0.25, 0.3) is 0 Å². The minimum absolute atomic E-state index is 0.177. The third-order valence-corrected chi connectivity index (χ3v) is 3.69. The van der Waals surface area contributed by atoms with Gasteiger partial charge in [0.2, 0.25) is 0 Å². The van der Waals surface area contributed by atoms with Crippen molar-refractivity contribution in [3.05, 3.63) is 10.6 Å².